The van der Waals surface area contributed by atoms with E-state index in [-0.39, 0.29) is 29.8 Å². The zero-order chi connectivity index (χ0) is 21.0. The monoisotopic (exact) mass is 398 g/mol. The number of rotatable bonds is 7. The molecule has 0 unspecified atom stereocenters. The van der Waals surface area contributed by atoms with Gasteiger partial charge in [-0.15, -0.1) is 0 Å². The average Bonchev–Trinajstić information content (AvgIpc) is 2.74. The first-order valence-electron chi connectivity index (χ1n) is 9.04. The van der Waals surface area contributed by atoms with Crippen molar-refractivity contribution in [3.63, 3.8) is 0 Å². The van der Waals surface area contributed by atoms with Crippen molar-refractivity contribution in [2.45, 2.75) is 13.3 Å². The van der Waals surface area contributed by atoms with Crippen molar-refractivity contribution in [1.29, 1.82) is 0 Å². The Hall–Kier alpha value is -3.48. The molecule has 0 radical (unpaired) electrons. The van der Waals surface area contributed by atoms with Crippen molar-refractivity contribution in [1.82, 2.24) is 0 Å². The third kappa shape index (κ3) is 3.89. The van der Waals surface area contributed by atoms with Crippen molar-refractivity contribution < 1.29 is 28.2 Å². The quantitative estimate of drug-likeness (QED) is 0.562. The Morgan fingerprint density at radius 1 is 1.00 bits per heavy atom. The van der Waals surface area contributed by atoms with Crippen LogP contribution in [0.25, 0.3) is 22.3 Å². The van der Waals surface area contributed by atoms with Crippen LogP contribution in [-0.2, 0) is 16.0 Å². The van der Waals surface area contributed by atoms with Crippen LogP contribution in [0.1, 0.15) is 12.5 Å². The zero-order valence-corrected chi connectivity index (χ0v) is 16.7. The molecule has 0 aliphatic carbocycles. The van der Waals surface area contributed by atoms with Gasteiger partial charge in [-0.25, -0.2) is 0 Å². The minimum absolute atomic E-state index is 0.205. The Morgan fingerprint density at radius 3 is 2.24 bits per heavy atom. The van der Waals surface area contributed by atoms with E-state index in [1.165, 1.54) is 21.3 Å². The molecule has 0 saturated carbocycles. The third-order valence-electron chi connectivity index (χ3n) is 4.45. The average molecular weight is 398 g/mol. The van der Waals surface area contributed by atoms with Gasteiger partial charge >= 0.3 is 5.97 Å². The smallest absolute Gasteiger partial charge is 0.310 e. The zero-order valence-electron chi connectivity index (χ0n) is 16.7. The first kappa shape index (κ1) is 20.3. The maximum atomic E-state index is 13.1. The molecule has 0 amide bonds. The standard InChI is InChI=1S/C22H22O7/c1-5-28-19(23)12-15-20(24)14-8-6-7-9-16(14)29-21(15)13-10-17(25-2)22(27-4)18(11-13)26-3/h6-11H,5,12H2,1-4H3. The van der Waals surface area contributed by atoms with Crippen LogP contribution in [0.2, 0.25) is 0 Å². The molecule has 1 aromatic heterocycles. The fourth-order valence-corrected chi connectivity index (χ4v) is 3.14. The van der Waals surface area contributed by atoms with Crippen LogP contribution in [0.3, 0.4) is 0 Å². The van der Waals surface area contributed by atoms with Crippen LogP contribution >= 0.6 is 0 Å². The van der Waals surface area contributed by atoms with Gasteiger partial charge < -0.3 is 23.4 Å². The highest BCUT2D eigenvalue weighted by molar-refractivity contribution is 5.84. The Labute approximate surface area is 167 Å². The SMILES string of the molecule is CCOC(=O)Cc1c(-c2cc(OC)c(OC)c(OC)c2)oc2ccccc2c1=O. The summed E-state index contributed by atoms with van der Waals surface area (Å²) in [5.74, 6) is 0.957. The van der Waals surface area contributed by atoms with Gasteiger partial charge in [-0.2, -0.15) is 0 Å². The van der Waals surface area contributed by atoms with Crippen molar-refractivity contribution in [2.75, 3.05) is 27.9 Å². The number of para-hydroxylation sites is 1. The van der Waals surface area contributed by atoms with Crippen molar-refractivity contribution in [2.24, 2.45) is 0 Å². The highest BCUT2D eigenvalue weighted by Gasteiger charge is 2.22. The highest BCUT2D eigenvalue weighted by atomic mass is 16.5. The maximum absolute atomic E-state index is 13.1. The van der Waals surface area contributed by atoms with Crippen LogP contribution in [0.5, 0.6) is 17.2 Å². The minimum atomic E-state index is -0.510. The molecule has 0 aliphatic rings. The van der Waals surface area contributed by atoms with Gasteiger partial charge in [0.1, 0.15) is 11.3 Å². The number of ether oxygens (including phenoxy) is 4. The molecule has 0 atom stereocenters. The Balaban J connectivity index is 2.30. The minimum Gasteiger partial charge on any atom is -0.493 e. The molecule has 29 heavy (non-hydrogen) atoms. The number of esters is 1. The summed E-state index contributed by atoms with van der Waals surface area (Å²) >= 11 is 0. The number of benzene rings is 2. The van der Waals surface area contributed by atoms with Crippen LogP contribution < -0.4 is 19.6 Å². The molecule has 1 heterocycles. The largest absolute Gasteiger partial charge is 0.493 e. The molecule has 0 fully saturated rings. The Morgan fingerprint density at radius 2 is 1.66 bits per heavy atom. The molecule has 0 saturated heterocycles. The fraction of sp³-hybridized carbons (Fsp3) is 0.273. The van der Waals surface area contributed by atoms with E-state index in [0.717, 1.165) is 0 Å². The molecular formula is C22H22O7. The lowest BCUT2D eigenvalue weighted by Crippen LogP contribution is -2.17. The predicted molar refractivity (Wildman–Crippen MR) is 108 cm³/mol. The van der Waals surface area contributed by atoms with E-state index in [9.17, 15) is 9.59 Å². The van der Waals surface area contributed by atoms with Crippen molar-refractivity contribution in [3.8, 4) is 28.6 Å². The van der Waals surface area contributed by atoms with E-state index in [0.29, 0.717) is 33.8 Å². The topological polar surface area (TPSA) is 84.2 Å². The molecule has 3 aromatic rings. The van der Waals surface area contributed by atoms with Crippen molar-refractivity contribution >= 4 is 16.9 Å². The van der Waals surface area contributed by atoms with Gasteiger partial charge in [0, 0.05) is 5.56 Å². The lowest BCUT2D eigenvalue weighted by molar-refractivity contribution is -0.142. The number of fused-ring (bicyclic) bond motifs is 1. The van der Waals surface area contributed by atoms with Gasteiger partial charge in [-0.1, -0.05) is 12.1 Å². The summed E-state index contributed by atoms with van der Waals surface area (Å²) < 4.78 is 27.2. The first-order chi connectivity index (χ1) is 14.0. The maximum Gasteiger partial charge on any atom is 0.310 e. The number of carbonyl (C=O) groups is 1. The van der Waals surface area contributed by atoms with E-state index in [2.05, 4.69) is 0 Å². The lowest BCUT2D eigenvalue weighted by atomic mass is 10.0. The van der Waals surface area contributed by atoms with Gasteiger partial charge in [-0.3, -0.25) is 9.59 Å². The fourth-order valence-electron chi connectivity index (χ4n) is 3.14. The summed E-state index contributed by atoms with van der Waals surface area (Å²) in [5, 5.41) is 0.392. The van der Waals surface area contributed by atoms with E-state index in [4.69, 9.17) is 23.4 Å². The summed E-state index contributed by atoms with van der Waals surface area (Å²) in [6.07, 6.45) is -0.215. The first-order valence-corrected chi connectivity index (χ1v) is 9.04. The molecule has 7 nitrogen and oxygen atoms in total. The normalized spacial score (nSPS) is 10.6. The van der Waals surface area contributed by atoms with Crippen LogP contribution in [0, 0.1) is 0 Å². The van der Waals surface area contributed by atoms with Crippen LogP contribution in [0.4, 0.5) is 0 Å². The molecular weight excluding hydrogens is 376 g/mol. The van der Waals surface area contributed by atoms with Gasteiger partial charge in [0.25, 0.3) is 0 Å². The molecule has 0 spiro atoms. The van der Waals surface area contributed by atoms with Crippen LogP contribution in [-0.4, -0.2) is 33.9 Å². The third-order valence-corrected chi connectivity index (χ3v) is 4.45. The van der Waals surface area contributed by atoms with E-state index >= 15 is 0 Å². The van der Waals surface area contributed by atoms with Gasteiger partial charge in [-0.05, 0) is 31.2 Å². The molecule has 7 heteroatoms. The molecule has 3 rings (SSSR count). The van der Waals surface area contributed by atoms with E-state index in [1.54, 1.807) is 43.3 Å². The summed E-state index contributed by atoms with van der Waals surface area (Å²) in [6, 6.07) is 10.2. The number of carbonyl (C=O) groups excluding carboxylic acids is 1. The van der Waals surface area contributed by atoms with Crippen LogP contribution in [0.15, 0.2) is 45.6 Å². The second-order valence-corrected chi connectivity index (χ2v) is 6.13. The van der Waals surface area contributed by atoms with E-state index < -0.39 is 5.97 Å². The van der Waals surface area contributed by atoms with Gasteiger partial charge in [0.15, 0.2) is 16.9 Å². The summed E-state index contributed by atoms with van der Waals surface area (Å²) in [7, 11) is 4.50. The summed E-state index contributed by atoms with van der Waals surface area (Å²) in [6.45, 7) is 1.93. The molecule has 0 bridgehead atoms. The van der Waals surface area contributed by atoms with Gasteiger partial charge in [0.2, 0.25) is 5.75 Å². The summed E-state index contributed by atoms with van der Waals surface area (Å²) in [4.78, 5) is 25.3. The Bertz CT molecular complexity index is 1070. The number of hydrogen-bond acceptors (Lipinski definition) is 7. The number of methoxy groups -OCH3 is 3. The predicted octanol–water partition coefficient (Wildman–Crippen LogP) is 3.59. The lowest BCUT2D eigenvalue weighted by Gasteiger charge is -2.15. The van der Waals surface area contributed by atoms with Gasteiger partial charge in [0.05, 0.1) is 45.3 Å². The molecule has 152 valence electrons. The second-order valence-electron chi connectivity index (χ2n) is 6.13. The Kier molecular flexibility index (Phi) is 6.07. The summed E-state index contributed by atoms with van der Waals surface area (Å²) in [5.41, 5.74) is 0.843. The molecule has 0 aliphatic heterocycles. The highest BCUT2D eigenvalue weighted by Crippen LogP contribution is 2.42. The second kappa shape index (κ2) is 8.68. The van der Waals surface area contributed by atoms with Crippen molar-refractivity contribution in [3.05, 3.63) is 52.2 Å². The number of hydrogen-bond donors (Lipinski definition) is 0. The molecule has 2 aromatic carbocycles. The van der Waals surface area contributed by atoms with E-state index in [1.807, 2.05) is 0 Å². The molecule has 0 N–H and O–H groups in total.